The average Bonchev–Trinajstić information content (AvgIpc) is 3.24. The van der Waals surface area contributed by atoms with E-state index in [1.165, 1.54) is 17.5 Å². The summed E-state index contributed by atoms with van der Waals surface area (Å²) in [5.41, 5.74) is 3.03. The minimum atomic E-state index is -0.464. The lowest BCUT2D eigenvalue weighted by molar-refractivity contribution is -0.129. The van der Waals surface area contributed by atoms with Crippen LogP contribution in [0.2, 0.25) is 0 Å². The molecule has 1 unspecified atom stereocenters. The Morgan fingerprint density at radius 3 is 2.57 bits per heavy atom. The van der Waals surface area contributed by atoms with Gasteiger partial charge >= 0.3 is 0 Å². The number of rotatable bonds is 5. The van der Waals surface area contributed by atoms with E-state index < -0.39 is 6.10 Å². The highest BCUT2D eigenvalue weighted by Gasteiger charge is 2.38. The molecule has 1 aromatic carbocycles. The van der Waals surface area contributed by atoms with Crippen molar-refractivity contribution in [2.75, 3.05) is 25.0 Å². The first kappa shape index (κ1) is 23.7. The van der Waals surface area contributed by atoms with Gasteiger partial charge in [0.15, 0.2) is 0 Å². The zero-order chi connectivity index (χ0) is 24.4. The molecule has 2 amide bonds. The topological polar surface area (TPSA) is 111 Å². The van der Waals surface area contributed by atoms with E-state index in [4.69, 9.17) is 0 Å². The van der Waals surface area contributed by atoms with E-state index in [9.17, 15) is 14.7 Å². The summed E-state index contributed by atoms with van der Waals surface area (Å²) in [6.45, 7) is 4.80. The van der Waals surface area contributed by atoms with Crippen molar-refractivity contribution >= 4 is 17.6 Å². The van der Waals surface area contributed by atoms with E-state index in [-0.39, 0.29) is 29.9 Å². The van der Waals surface area contributed by atoms with Crippen LogP contribution in [0.4, 0.5) is 5.82 Å². The van der Waals surface area contributed by atoms with Crippen molar-refractivity contribution in [3.8, 4) is 0 Å². The molecular weight excluding hydrogens is 444 g/mol. The van der Waals surface area contributed by atoms with Crippen LogP contribution in [0.25, 0.3) is 0 Å². The van der Waals surface area contributed by atoms with Gasteiger partial charge in [0.2, 0.25) is 5.91 Å². The number of anilines is 1. The van der Waals surface area contributed by atoms with Crippen LogP contribution in [0.1, 0.15) is 54.2 Å². The summed E-state index contributed by atoms with van der Waals surface area (Å²) in [5, 5.41) is 17.2. The molecular formula is C26H34N6O3. The first-order valence-electron chi connectivity index (χ1n) is 12.6. The third-order valence-electron chi connectivity index (χ3n) is 7.65. The van der Waals surface area contributed by atoms with E-state index in [0.717, 1.165) is 51.9 Å². The number of fused-ring (bicyclic) bond motifs is 1. The van der Waals surface area contributed by atoms with Crippen LogP contribution in [0.3, 0.4) is 0 Å². The monoisotopic (exact) mass is 478 g/mol. The third-order valence-corrected chi connectivity index (χ3v) is 7.65. The van der Waals surface area contributed by atoms with Crippen molar-refractivity contribution in [2.45, 2.75) is 69.8 Å². The maximum Gasteiger partial charge on any atom is 0.270 e. The van der Waals surface area contributed by atoms with Crippen LogP contribution in [0.5, 0.6) is 0 Å². The largest absolute Gasteiger partial charge is 0.391 e. The fourth-order valence-corrected chi connectivity index (χ4v) is 5.67. The first-order chi connectivity index (χ1) is 17.0. The fraction of sp³-hybridized carbons (Fsp3) is 0.538. The lowest BCUT2D eigenvalue weighted by atomic mass is 9.98. The smallest absolute Gasteiger partial charge is 0.270 e. The van der Waals surface area contributed by atoms with Crippen molar-refractivity contribution in [1.82, 2.24) is 25.1 Å². The number of nitrogens with one attached hydrogen (secondary N) is 2. The highest BCUT2D eigenvalue weighted by atomic mass is 16.3. The summed E-state index contributed by atoms with van der Waals surface area (Å²) < 4.78 is 0. The number of aromatic nitrogens is 2. The van der Waals surface area contributed by atoms with Gasteiger partial charge in [-0.3, -0.25) is 14.5 Å². The first-order valence-corrected chi connectivity index (χ1v) is 12.6. The van der Waals surface area contributed by atoms with Crippen molar-refractivity contribution in [2.24, 2.45) is 0 Å². The average molecular weight is 479 g/mol. The molecule has 3 N–H and O–H groups in total. The zero-order valence-corrected chi connectivity index (χ0v) is 20.2. The molecule has 2 aliphatic heterocycles. The standard InChI is InChI=1S/C26H34N6O3/c1-17(33)31-10-7-20(8-11-31)29-25-14-22(27-16-28-25)26(35)30-21-12-23(24(34)13-21)32-9-6-18-4-2-3-5-19(18)15-32/h2-5,14,16,20-21,23-24,34H,6-13,15H2,1H3,(H,30,35)(H,27,28,29)/t21?,23-,24+/m0/s1. The Morgan fingerprint density at radius 1 is 1.03 bits per heavy atom. The van der Waals surface area contributed by atoms with Crippen LogP contribution in [-0.4, -0.2) is 80.6 Å². The molecule has 2 fully saturated rings. The third kappa shape index (κ3) is 5.46. The minimum absolute atomic E-state index is 0.0390. The fourth-order valence-electron chi connectivity index (χ4n) is 5.67. The maximum atomic E-state index is 12.9. The van der Waals surface area contributed by atoms with Gasteiger partial charge in [-0.25, -0.2) is 9.97 Å². The van der Waals surface area contributed by atoms with Gasteiger partial charge in [-0.1, -0.05) is 24.3 Å². The molecule has 3 heterocycles. The number of benzene rings is 1. The number of piperidine rings is 1. The second-order valence-electron chi connectivity index (χ2n) is 9.98. The summed E-state index contributed by atoms with van der Waals surface area (Å²) in [5.74, 6) is 0.472. The van der Waals surface area contributed by atoms with E-state index in [0.29, 0.717) is 17.9 Å². The number of carbonyl (C=O) groups excluding carboxylic acids is 2. The van der Waals surface area contributed by atoms with Crippen LogP contribution in [0.15, 0.2) is 36.7 Å². The summed E-state index contributed by atoms with van der Waals surface area (Å²) in [6, 6.07) is 10.3. The Kier molecular flexibility index (Phi) is 6.97. The summed E-state index contributed by atoms with van der Waals surface area (Å²) in [7, 11) is 0. The van der Waals surface area contributed by atoms with Gasteiger partial charge in [0.25, 0.3) is 5.91 Å². The molecule has 2 aromatic rings. The Balaban J connectivity index is 1.15. The molecule has 3 aliphatic rings. The Hall–Kier alpha value is -3.04. The number of amides is 2. The molecule has 9 heteroatoms. The number of hydrogen-bond donors (Lipinski definition) is 3. The normalized spacial score (nSPS) is 25.2. The molecule has 0 bridgehead atoms. The maximum absolute atomic E-state index is 12.9. The van der Waals surface area contributed by atoms with Gasteiger partial charge in [-0.2, -0.15) is 0 Å². The van der Waals surface area contributed by atoms with Crippen molar-refractivity contribution in [3.63, 3.8) is 0 Å². The molecule has 1 saturated carbocycles. The molecule has 0 radical (unpaired) electrons. The second-order valence-corrected chi connectivity index (χ2v) is 9.98. The molecule has 9 nitrogen and oxygen atoms in total. The lowest BCUT2D eigenvalue weighted by Crippen LogP contribution is -2.43. The summed E-state index contributed by atoms with van der Waals surface area (Å²) >= 11 is 0. The molecule has 3 atom stereocenters. The summed E-state index contributed by atoms with van der Waals surface area (Å²) in [6.07, 6.45) is 4.87. The Morgan fingerprint density at radius 2 is 1.80 bits per heavy atom. The SMILES string of the molecule is CC(=O)N1CCC(Nc2cc(C(=O)NC3C[C@@H](O)[C@@H](N4CCc5ccccc5C4)C3)ncn2)CC1. The van der Waals surface area contributed by atoms with Gasteiger partial charge < -0.3 is 20.6 Å². The predicted octanol–water partition coefficient (Wildman–Crippen LogP) is 1.58. The van der Waals surface area contributed by atoms with E-state index in [1.54, 1.807) is 13.0 Å². The molecule has 1 aromatic heterocycles. The molecule has 5 rings (SSSR count). The van der Waals surface area contributed by atoms with E-state index in [1.807, 2.05) is 4.90 Å². The number of nitrogens with zero attached hydrogens (tertiary/aromatic N) is 4. The van der Waals surface area contributed by atoms with E-state index in [2.05, 4.69) is 49.8 Å². The lowest BCUT2D eigenvalue weighted by Gasteiger charge is -2.35. The van der Waals surface area contributed by atoms with Crippen molar-refractivity contribution < 1.29 is 14.7 Å². The molecule has 1 saturated heterocycles. The van der Waals surface area contributed by atoms with Crippen LogP contribution >= 0.6 is 0 Å². The van der Waals surface area contributed by atoms with Crippen molar-refractivity contribution in [3.05, 3.63) is 53.5 Å². The number of likely N-dealkylation sites (tertiary alicyclic amines) is 1. The van der Waals surface area contributed by atoms with Gasteiger partial charge in [0.1, 0.15) is 17.8 Å². The number of aliphatic hydroxyl groups excluding tert-OH is 1. The van der Waals surface area contributed by atoms with Gasteiger partial charge in [-0.05, 0) is 43.2 Å². The predicted molar refractivity (Wildman–Crippen MR) is 132 cm³/mol. The van der Waals surface area contributed by atoms with Gasteiger partial charge in [-0.15, -0.1) is 0 Å². The quantitative estimate of drug-likeness (QED) is 0.598. The molecule has 35 heavy (non-hydrogen) atoms. The zero-order valence-electron chi connectivity index (χ0n) is 20.2. The summed E-state index contributed by atoms with van der Waals surface area (Å²) in [4.78, 5) is 37.1. The molecule has 1 aliphatic carbocycles. The van der Waals surface area contributed by atoms with Crippen LogP contribution < -0.4 is 10.6 Å². The molecule has 186 valence electrons. The highest BCUT2D eigenvalue weighted by molar-refractivity contribution is 5.93. The van der Waals surface area contributed by atoms with Gasteiger partial charge in [0.05, 0.1) is 6.10 Å². The Bertz CT molecular complexity index is 1070. The van der Waals surface area contributed by atoms with Crippen LogP contribution in [-0.2, 0) is 17.8 Å². The van der Waals surface area contributed by atoms with Crippen molar-refractivity contribution in [1.29, 1.82) is 0 Å². The minimum Gasteiger partial charge on any atom is -0.391 e. The van der Waals surface area contributed by atoms with E-state index >= 15 is 0 Å². The van der Waals surface area contributed by atoms with Gasteiger partial charge in [0, 0.05) is 57.3 Å². The number of aliphatic hydroxyl groups is 1. The number of hydrogen-bond acceptors (Lipinski definition) is 7. The molecule has 0 spiro atoms. The second kappa shape index (κ2) is 10.3. The Labute approximate surface area is 205 Å². The number of carbonyl (C=O) groups is 2. The van der Waals surface area contributed by atoms with Crippen LogP contribution in [0, 0.1) is 0 Å². The highest BCUT2D eigenvalue weighted by Crippen LogP contribution is 2.29.